The predicted octanol–water partition coefficient (Wildman–Crippen LogP) is 5.69. The smallest absolute Gasteiger partial charge is 0.264 e. The summed E-state index contributed by atoms with van der Waals surface area (Å²) >= 11 is 1.33. The maximum Gasteiger partial charge on any atom is 0.416 e. The SMILES string of the molecule is Br.FC(F)(F)c1ccc(-c2nc(=NCc3cccnc3)sn2-c2ccccc2)cc1. The number of para-hydroxylation sites is 1. The van der Waals surface area contributed by atoms with E-state index in [1.807, 2.05) is 46.4 Å². The molecule has 0 unspecified atom stereocenters. The van der Waals surface area contributed by atoms with Gasteiger partial charge in [-0.2, -0.15) is 18.2 Å². The summed E-state index contributed by atoms with van der Waals surface area (Å²) in [7, 11) is 0. The van der Waals surface area contributed by atoms with Gasteiger partial charge in [0.15, 0.2) is 5.82 Å². The largest absolute Gasteiger partial charge is 0.416 e. The van der Waals surface area contributed by atoms with Crippen molar-refractivity contribution in [2.45, 2.75) is 12.7 Å². The maximum absolute atomic E-state index is 12.9. The minimum atomic E-state index is -4.37. The first kappa shape index (κ1) is 21.9. The van der Waals surface area contributed by atoms with Crippen molar-refractivity contribution in [3.63, 3.8) is 0 Å². The van der Waals surface area contributed by atoms with E-state index in [1.165, 1.54) is 23.7 Å². The Balaban J connectivity index is 0.00000256. The van der Waals surface area contributed by atoms with Crippen molar-refractivity contribution in [2.75, 3.05) is 0 Å². The van der Waals surface area contributed by atoms with E-state index < -0.39 is 11.7 Å². The minimum absolute atomic E-state index is 0. The van der Waals surface area contributed by atoms with Crippen LogP contribution in [0.15, 0.2) is 84.1 Å². The summed E-state index contributed by atoms with van der Waals surface area (Å²) in [6.45, 7) is 0.419. The van der Waals surface area contributed by atoms with Gasteiger partial charge in [0, 0.05) is 18.0 Å². The van der Waals surface area contributed by atoms with Gasteiger partial charge in [-0.1, -0.05) is 36.4 Å². The molecular weight excluding hydrogens is 477 g/mol. The van der Waals surface area contributed by atoms with Gasteiger partial charge in [0.05, 0.1) is 17.8 Å². The highest BCUT2D eigenvalue weighted by Crippen LogP contribution is 2.31. The number of alkyl halides is 3. The molecule has 4 rings (SSSR count). The molecule has 2 aromatic heterocycles. The van der Waals surface area contributed by atoms with Crippen molar-refractivity contribution in [3.8, 4) is 17.1 Å². The standard InChI is InChI=1S/C21H15F3N4S.BrH/c22-21(23,24)17-10-8-16(9-11-17)19-27-20(26-14-15-5-4-12-25-13-15)29-28(19)18-6-2-1-3-7-18;/h1-13H,14H2;1H. The lowest BCUT2D eigenvalue weighted by atomic mass is 10.1. The zero-order valence-corrected chi connectivity index (χ0v) is 18.0. The summed E-state index contributed by atoms with van der Waals surface area (Å²) in [6.07, 6.45) is -0.946. The van der Waals surface area contributed by atoms with Gasteiger partial charge >= 0.3 is 6.18 Å². The van der Waals surface area contributed by atoms with Gasteiger partial charge in [-0.05, 0) is 47.4 Å². The molecule has 2 heterocycles. The number of benzene rings is 2. The molecule has 0 aliphatic heterocycles. The Kier molecular flexibility index (Phi) is 6.84. The van der Waals surface area contributed by atoms with Gasteiger partial charge in [0.2, 0.25) is 4.80 Å². The van der Waals surface area contributed by atoms with Gasteiger partial charge in [-0.3, -0.25) is 9.98 Å². The summed E-state index contributed by atoms with van der Waals surface area (Å²) in [5.41, 5.74) is 1.71. The molecule has 2 aromatic carbocycles. The lowest BCUT2D eigenvalue weighted by molar-refractivity contribution is -0.137. The van der Waals surface area contributed by atoms with E-state index in [0.717, 1.165) is 23.4 Å². The van der Waals surface area contributed by atoms with E-state index in [9.17, 15) is 13.2 Å². The molecule has 0 saturated carbocycles. The molecular formula is C21H16BrF3N4S. The fourth-order valence-corrected chi connectivity index (χ4v) is 3.60. The van der Waals surface area contributed by atoms with Gasteiger partial charge in [0.1, 0.15) is 0 Å². The van der Waals surface area contributed by atoms with Crippen LogP contribution >= 0.6 is 28.5 Å². The molecule has 0 amide bonds. The zero-order valence-electron chi connectivity index (χ0n) is 15.5. The normalized spacial score (nSPS) is 11.9. The van der Waals surface area contributed by atoms with Crippen LogP contribution in [0.4, 0.5) is 13.2 Å². The van der Waals surface area contributed by atoms with Crippen LogP contribution < -0.4 is 4.80 Å². The van der Waals surface area contributed by atoms with Gasteiger partial charge in [0.25, 0.3) is 0 Å². The minimum Gasteiger partial charge on any atom is -0.264 e. The second-order valence-electron chi connectivity index (χ2n) is 6.19. The van der Waals surface area contributed by atoms with Crippen molar-refractivity contribution in [3.05, 3.63) is 95.1 Å². The second kappa shape index (κ2) is 9.36. The molecule has 0 spiro atoms. The maximum atomic E-state index is 12.9. The number of hydrogen-bond acceptors (Lipinski definition) is 4. The van der Waals surface area contributed by atoms with Crippen LogP contribution in [0, 0.1) is 0 Å². The van der Waals surface area contributed by atoms with Crippen molar-refractivity contribution in [2.24, 2.45) is 4.99 Å². The third-order valence-corrected chi connectivity index (χ3v) is 5.10. The van der Waals surface area contributed by atoms with Crippen LogP contribution in [0.2, 0.25) is 0 Å². The van der Waals surface area contributed by atoms with E-state index in [-0.39, 0.29) is 17.0 Å². The van der Waals surface area contributed by atoms with E-state index in [1.54, 1.807) is 12.4 Å². The zero-order chi connectivity index (χ0) is 20.3. The highest BCUT2D eigenvalue weighted by atomic mass is 79.9. The Hall–Kier alpha value is -2.78. The fraction of sp³-hybridized carbons (Fsp3) is 0.0952. The van der Waals surface area contributed by atoms with Crippen LogP contribution in [0.5, 0.6) is 0 Å². The van der Waals surface area contributed by atoms with E-state index in [0.29, 0.717) is 22.7 Å². The molecule has 0 atom stereocenters. The molecule has 0 aliphatic carbocycles. The van der Waals surface area contributed by atoms with Crippen molar-refractivity contribution in [1.29, 1.82) is 0 Å². The molecule has 30 heavy (non-hydrogen) atoms. The number of nitrogens with zero attached hydrogens (tertiary/aromatic N) is 4. The number of hydrogen-bond donors (Lipinski definition) is 0. The lowest BCUT2D eigenvalue weighted by Crippen LogP contribution is -2.04. The van der Waals surface area contributed by atoms with E-state index >= 15 is 0 Å². The quantitative estimate of drug-likeness (QED) is 0.367. The van der Waals surface area contributed by atoms with Crippen molar-refractivity contribution < 1.29 is 13.2 Å². The Morgan fingerprint density at radius 2 is 1.67 bits per heavy atom. The van der Waals surface area contributed by atoms with Crippen LogP contribution in [0.3, 0.4) is 0 Å². The monoisotopic (exact) mass is 492 g/mol. The Labute approximate surface area is 185 Å². The van der Waals surface area contributed by atoms with Gasteiger partial charge in [-0.15, -0.1) is 17.0 Å². The van der Waals surface area contributed by atoms with Crippen LogP contribution in [-0.2, 0) is 12.7 Å². The average Bonchev–Trinajstić information content (AvgIpc) is 3.17. The third-order valence-electron chi connectivity index (χ3n) is 4.15. The summed E-state index contributed by atoms with van der Waals surface area (Å²) in [4.78, 5) is 13.7. The molecule has 0 bridgehead atoms. The molecule has 0 N–H and O–H groups in total. The van der Waals surface area contributed by atoms with Gasteiger partial charge < -0.3 is 0 Å². The Bertz CT molecular complexity index is 1150. The van der Waals surface area contributed by atoms with Crippen LogP contribution in [0.25, 0.3) is 17.1 Å². The van der Waals surface area contributed by atoms with Crippen LogP contribution in [-0.4, -0.2) is 13.9 Å². The molecule has 9 heteroatoms. The first-order chi connectivity index (χ1) is 14.0. The average molecular weight is 493 g/mol. The fourth-order valence-electron chi connectivity index (χ4n) is 2.72. The third kappa shape index (κ3) is 5.03. The number of pyridine rings is 1. The number of aromatic nitrogens is 3. The first-order valence-corrected chi connectivity index (χ1v) is 9.51. The molecule has 0 radical (unpaired) electrons. The van der Waals surface area contributed by atoms with Crippen LogP contribution in [0.1, 0.15) is 11.1 Å². The van der Waals surface area contributed by atoms with Gasteiger partial charge in [-0.25, -0.2) is 3.96 Å². The van der Waals surface area contributed by atoms with Crippen molar-refractivity contribution >= 4 is 28.5 Å². The summed E-state index contributed by atoms with van der Waals surface area (Å²) in [5.74, 6) is 0.542. The molecule has 0 saturated heterocycles. The van der Waals surface area contributed by atoms with E-state index in [4.69, 9.17) is 0 Å². The molecule has 0 aliphatic rings. The molecule has 4 nitrogen and oxygen atoms in total. The summed E-state index contributed by atoms with van der Waals surface area (Å²) < 4.78 is 40.5. The van der Waals surface area contributed by atoms with Crippen molar-refractivity contribution in [1.82, 2.24) is 13.9 Å². The molecule has 4 aromatic rings. The molecule has 154 valence electrons. The molecule has 0 fully saturated rings. The summed E-state index contributed by atoms with van der Waals surface area (Å²) in [5, 5.41) is 0. The second-order valence-corrected chi connectivity index (χ2v) is 7.10. The lowest BCUT2D eigenvalue weighted by Gasteiger charge is -2.09. The summed E-state index contributed by atoms with van der Waals surface area (Å²) in [6, 6.07) is 18.3. The first-order valence-electron chi connectivity index (χ1n) is 8.73. The predicted molar refractivity (Wildman–Crippen MR) is 116 cm³/mol. The highest BCUT2D eigenvalue weighted by Gasteiger charge is 2.30. The Morgan fingerprint density at radius 3 is 2.30 bits per heavy atom. The number of rotatable bonds is 4. The Morgan fingerprint density at radius 1 is 0.933 bits per heavy atom. The highest BCUT2D eigenvalue weighted by molar-refractivity contribution is 8.93. The number of halogens is 4. The van der Waals surface area contributed by atoms with E-state index in [2.05, 4.69) is 15.0 Å². The topological polar surface area (TPSA) is 43.1 Å².